The highest BCUT2D eigenvalue weighted by Crippen LogP contribution is 2.34. The van der Waals surface area contributed by atoms with E-state index in [0.29, 0.717) is 25.1 Å². The Kier molecular flexibility index (Phi) is 4.04. The summed E-state index contributed by atoms with van der Waals surface area (Å²) in [5.41, 5.74) is 1.69. The van der Waals surface area contributed by atoms with Gasteiger partial charge >= 0.3 is 6.18 Å². The molecule has 0 aromatic heterocycles. The van der Waals surface area contributed by atoms with Crippen molar-refractivity contribution < 1.29 is 18.3 Å². The van der Waals surface area contributed by atoms with Gasteiger partial charge in [0.1, 0.15) is 5.75 Å². The molecule has 1 aromatic rings. The van der Waals surface area contributed by atoms with Gasteiger partial charge in [-0.25, -0.2) is 0 Å². The molecule has 2 nitrogen and oxygen atoms in total. The normalized spacial score (nSPS) is 21.6. The maximum atomic E-state index is 12.7. The topological polar surface area (TPSA) is 23.5 Å². The Morgan fingerprint density at radius 3 is 2.79 bits per heavy atom. The summed E-state index contributed by atoms with van der Waals surface area (Å²) in [7, 11) is 0. The van der Waals surface area contributed by atoms with Crippen LogP contribution in [-0.4, -0.2) is 29.3 Å². The van der Waals surface area contributed by atoms with Crippen molar-refractivity contribution in [1.82, 2.24) is 4.90 Å². The molecule has 1 fully saturated rings. The number of likely N-dealkylation sites (tertiary alicyclic amines) is 1. The lowest BCUT2D eigenvalue weighted by atomic mass is 9.97. The minimum absolute atomic E-state index is 0.0247. The molecule has 1 aliphatic heterocycles. The second-order valence-corrected chi connectivity index (χ2v) is 5.25. The van der Waals surface area contributed by atoms with Crippen molar-refractivity contribution in [3.05, 3.63) is 29.3 Å². The lowest BCUT2D eigenvalue weighted by Gasteiger charge is -2.33. The first-order chi connectivity index (χ1) is 8.86. The van der Waals surface area contributed by atoms with Gasteiger partial charge in [0.25, 0.3) is 0 Å². The van der Waals surface area contributed by atoms with Crippen molar-refractivity contribution >= 4 is 0 Å². The molecule has 0 bridgehead atoms. The molecule has 106 valence electrons. The Morgan fingerprint density at radius 1 is 1.37 bits per heavy atom. The van der Waals surface area contributed by atoms with Crippen LogP contribution in [0.3, 0.4) is 0 Å². The summed E-state index contributed by atoms with van der Waals surface area (Å²) in [6, 6.07) is 5.20. The van der Waals surface area contributed by atoms with E-state index >= 15 is 0 Å². The van der Waals surface area contributed by atoms with Crippen LogP contribution in [0.1, 0.15) is 24.0 Å². The number of rotatable bonds is 2. The lowest BCUT2D eigenvalue weighted by Crippen LogP contribution is -2.41. The van der Waals surface area contributed by atoms with Crippen molar-refractivity contribution in [3.63, 3.8) is 0 Å². The van der Waals surface area contributed by atoms with Gasteiger partial charge in [0.05, 0.1) is 5.92 Å². The molecular weight excluding hydrogens is 255 g/mol. The van der Waals surface area contributed by atoms with Crippen molar-refractivity contribution in [1.29, 1.82) is 0 Å². The maximum absolute atomic E-state index is 12.7. The van der Waals surface area contributed by atoms with Gasteiger partial charge in [-0.1, -0.05) is 17.7 Å². The smallest absolute Gasteiger partial charge is 0.393 e. The van der Waals surface area contributed by atoms with Crippen LogP contribution in [-0.2, 0) is 6.54 Å². The molecule has 0 spiro atoms. The van der Waals surface area contributed by atoms with Crippen LogP contribution in [0, 0.1) is 12.8 Å². The third-order valence-corrected chi connectivity index (χ3v) is 3.60. The third-order valence-electron chi connectivity index (χ3n) is 3.60. The molecular formula is C14H18F3NO. The first-order valence-corrected chi connectivity index (χ1v) is 6.44. The van der Waals surface area contributed by atoms with Crippen LogP contribution in [0.5, 0.6) is 5.75 Å². The lowest BCUT2D eigenvalue weighted by molar-refractivity contribution is -0.187. The van der Waals surface area contributed by atoms with Gasteiger partial charge < -0.3 is 5.11 Å². The highest BCUT2D eigenvalue weighted by atomic mass is 19.4. The molecule has 19 heavy (non-hydrogen) atoms. The van der Waals surface area contributed by atoms with Gasteiger partial charge in [0.2, 0.25) is 0 Å². The zero-order valence-electron chi connectivity index (χ0n) is 10.9. The fourth-order valence-electron chi connectivity index (χ4n) is 2.55. The molecule has 1 unspecified atom stereocenters. The van der Waals surface area contributed by atoms with Gasteiger partial charge in [-0.15, -0.1) is 0 Å². The van der Waals surface area contributed by atoms with Crippen molar-refractivity contribution in [2.45, 2.75) is 32.5 Å². The average molecular weight is 273 g/mol. The van der Waals surface area contributed by atoms with Crippen molar-refractivity contribution in [3.8, 4) is 5.75 Å². The summed E-state index contributed by atoms with van der Waals surface area (Å²) >= 11 is 0. The zero-order valence-corrected chi connectivity index (χ0v) is 10.9. The van der Waals surface area contributed by atoms with Gasteiger partial charge in [-0.3, -0.25) is 4.90 Å². The summed E-state index contributed by atoms with van der Waals surface area (Å²) in [4.78, 5) is 1.77. The first-order valence-electron chi connectivity index (χ1n) is 6.44. The van der Waals surface area contributed by atoms with E-state index in [4.69, 9.17) is 0 Å². The fraction of sp³-hybridized carbons (Fsp3) is 0.571. The second-order valence-electron chi connectivity index (χ2n) is 5.25. The summed E-state index contributed by atoms with van der Waals surface area (Å²) < 4.78 is 38.2. The predicted molar refractivity (Wildman–Crippen MR) is 66.9 cm³/mol. The van der Waals surface area contributed by atoms with E-state index in [1.54, 1.807) is 17.0 Å². The molecule has 1 heterocycles. The quantitative estimate of drug-likeness (QED) is 0.891. The van der Waals surface area contributed by atoms with Crippen molar-refractivity contribution in [2.24, 2.45) is 5.92 Å². The number of piperidine rings is 1. The third kappa shape index (κ3) is 3.62. The van der Waals surface area contributed by atoms with E-state index in [2.05, 4.69) is 0 Å². The number of benzene rings is 1. The van der Waals surface area contributed by atoms with Crippen LogP contribution in [0.25, 0.3) is 0 Å². The summed E-state index contributed by atoms with van der Waals surface area (Å²) in [6.45, 7) is 2.95. The molecule has 1 aliphatic rings. The van der Waals surface area contributed by atoms with Crippen LogP contribution in [0.2, 0.25) is 0 Å². The molecule has 1 saturated heterocycles. The Morgan fingerprint density at radius 2 is 2.11 bits per heavy atom. The summed E-state index contributed by atoms with van der Waals surface area (Å²) in [5.74, 6) is -1.09. The summed E-state index contributed by atoms with van der Waals surface area (Å²) in [6.07, 6.45) is -3.36. The van der Waals surface area contributed by atoms with Gasteiger partial charge in [-0.2, -0.15) is 13.2 Å². The molecule has 0 aliphatic carbocycles. The van der Waals surface area contributed by atoms with Crippen LogP contribution in [0.15, 0.2) is 18.2 Å². The number of hydrogen-bond donors (Lipinski definition) is 1. The van der Waals surface area contributed by atoms with Gasteiger partial charge in [0.15, 0.2) is 0 Å². The van der Waals surface area contributed by atoms with Crippen LogP contribution in [0.4, 0.5) is 13.2 Å². The average Bonchev–Trinajstić information content (AvgIpc) is 2.33. The number of phenolic OH excluding ortho intramolecular Hbond substituents is 1. The Bertz CT molecular complexity index is 445. The highest BCUT2D eigenvalue weighted by molar-refractivity contribution is 5.35. The number of aromatic hydroxyl groups is 1. The van der Waals surface area contributed by atoms with Crippen LogP contribution < -0.4 is 0 Å². The zero-order chi connectivity index (χ0) is 14.0. The number of nitrogens with zero attached hydrogens (tertiary/aromatic N) is 1. The minimum Gasteiger partial charge on any atom is -0.508 e. The number of aryl methyl sites for hydroxylation is 1. The monoisotopic (exact) mass is 273 g/mol. The SMILES string of the molecule is Cc1ccc(O)c(CN2CCCC(C(F)(F)F)C2)c1. The Hall–Kier alpha value is -1.23. The number of phenols is 1. The molecule has 1 aromatic carbocycles. The summed E-state index contributed by atoms with van der Waals surface area (Å²) in [5, 5.41) is 9.74. The minimum atomic E-state index is -4.12. The van der Waals surface area contributed by atoms with Gasteiger partial charge in [0, 0.05) is 18.7 Å². The number of hydrogen-bond acceptors (Lipinski definition) is 2. The van der Waals surface area contributed by atoms with E-state index < -0.39 is 12.1 Å². The Labute approximate surface area is 110 Å². The number of alkyl halides is 3. The standard InChI is InChI=1S/C14H18F3NO/c1-10-4-5-13(19)11(7-10)8-18-6-2-3-12(9-18)14(15,16)17/h4-5,7,12,19H,2-3,6,8-9H2,1H3. The van der Waals surface area contributed by atoms with E-state index in [0.717, 1.165) is 5.56 Å². The largest absolute Gasteiger partial charge is 0.508 e. The number of halogens is 3. The van der Waals surface area contributed by atoms with E-state index in [1.165, 1.54) is 0 Å². The fourth-order valence-corrected chi connectivity index (χ4v) is 2.55. The van der Waals surface area contributed by atoms with Gasteiger partial charge in [-0.05, 0) is 32.4 Å². The second kappa shape index (κ2) is 5.41. The van der Waals surface area contributed by atoms with E-state index in [1.807, 2.05) is 13.0 Å². The predicted octanol–water partition coefficient (Wildman–Crippen LogP) is 3.47. The molecule has 0 saturated carbocycles. The maximum Gasteiger partial charge on any atom is 0.393 e. The van der Waals surface area contributed by atoms with Crippen LogP contribution >= 0.6 is 0 Å². The molecule has 1 N–H and O–H groups in total. The molecule has 0 amide bonds. The molecule has 0 radical (unpaired) electrons. The Balaban J connectivity index is 2.05. The molecule has 2 rings (SSSR count). The molecule has 5 heteroatoms. The van der Waals surface area contributed by atoms with E-state index in [9.17, 15) is 18.3 Å². The first kappa shape index (κ1) is 14.2. The highest BCUT2D eigenvalue weighted by Gasteiger charge is 2.41. The van der Waals surface area contributed by atoms with Crippen molar-refractivity contribution in [2.75, 3.05) is 13.1 Å². The van der Waals surface area contributed by atoms with E-state index in [-0.39, 0.29) is 18.7 Å². The molecule has 1 atom stereocenters.